The second kappa shape index (κ2) is 9.64. The molecular weight excluding hydrogens is 372 g/mol. The Kier molecular flexibility index (Phi) is 6.98. The summed E-state index contributed by atoms with van der Waals surface area (Å²) in [7, 11) is 1.60. The van der Waals surface area contributed by atoms with E-state index in [2.05, 4.69) is 12.2 Å². The second-order valence-electron chi connectivity index (χ2n) is 6.69. The number of hydrogen-bond donors (Lipinski definition) is 1. The Morgan fingerprint density at radius 2 is 1.93 bits per heavy atom. The molecule has 1 saturated heterocycles. The number of amides is 2. The van der Waals surface area contributed by atoms with Crippen molar-refractivity contribution in [2.45, 2.75) is 38.0 Å². The predicted molar refractivity (Wildman–Crippen MR) is 115 cm³/mol. The molecule has 0 radical (unpaired) electrons. The minimum Gasteiger partial charge on any atom is -0.495 e. The average Bonchev–Trinajstić information content (AvgIpc) is 3.09. The molecule has 0 aliphatic carbocycles. The first-order valence-corrected chi connectivity index (χ1v) is 10.7. The number of methoxy groups -OCH3 is 1. The molecule has 1 aliphatic heterocycles. The SMILES string of the molecule is CCCCCC(=O)Nc1ccccc1C1SCC(=O)N1c1ccccc1OC. The van der Waals surface area contributed by atoms with Gasteiger partial charge in [-0.15, -0.1) is 11.8 Å². The summed E-state index contributed by atoms with van der Waals surface area (Å²) in [6.07, 6.45) is 3.52. The van der Waals surface area contributed by atoms with Crippen molar-refractivity contribution in [3.8, 4) is 5.75 Å². The number of carbonyl (C=O) groups excluding carboxylic acids is 2. The Labute approximate surface area is 170 Å². The van der Waals surface area contributed by atoms with Gasteiger partial charge in [-0.05, 0) is 24.6 Å². The van der Waals surface area contributed by atoms with Crippen molar-refractivity contribution in [1.82, 2.24) is 0 Å². The minimum absolute atomic E-state index is 0.0130. The van der Waals surface area contributed by atoms with Gasteiger partial charge < -0.3 is 10.1 Å². The fourth-order valence-electron chi connectivity index (χ4n) is 3.32. The van der Waals surface area contributed by atoms with E-state index in [0.29, 0.717) is 17.9 Å². The first kappa shape index (κ1) is 20.3. The number of rotatable bonds is 8. The maximum absolute atomic E-state index is 12.7. The van der Waals surface area contributed by atoms with Crippen LogP contribution in [0.25, 0.3) is 0 Å². The molecule has 28 heavy (non-hydrogen) atoms. The first-order chi connectivity index (χ1) is 13.7. The number of unbranched alkanes of at least 4 members (excludes halogenated alkanes) is 2. The molecule has 1 aliphatic rings. The van der Waals surface area contributed by atoms with E-state index >= 15 is 0 Å². The molecule has 2 aromatic carbocycles. The van der Waals surface area contributed by atoms with Crippen LogP contribution in [-0.2, 0) is 9.59 Å². The number of nitrogens with zero attached hydrogens (tertiary/aromatic N) is 1. The van der Waals surface area contributed by atoms with Crippen molar-refractivity contribution in [1.29, 1.82) is 0 Å². The van der Waals surface area contributed by atoms with Crippen LogP contribution < -0.4 is 15.0 Å². The van der Waals surface area contributed by atoms with Gasteiger partial charge in [-0.25, -0.2) is 0 Å². The van der Waals surface area contributed by atoms with Gasteiger partial charge in [0.15, 0.2) is 0 Å². The highest BCUT2D eigenvalue weighted by Crippen LogP contribution is 2.46. The zero-order valence-corrected chi connectivity index (χ0v) is 17.1. The van der Waals surface area contributed by atoms with E-state index in [0.717, 1.165) is 36.2 Å². The highest BCUT2D eigenvalue weighted by Gasteiger charge is 2.36. The maximum atomic E-state index is 12.7. The lowest BCUT2D eigenvalue weighted by molar-refractivity contribution is -0.116. The number of nitrogens with one attached hydrogen (secondary N) is 1. The number of ether oxygens (including phenoxy) is 1. The van der Waals surface area contributed by atoms with Crippen LogP contribution in [0, 0.1) is 0 Å². The monoisotopic (exact) mass is 398 g/mol. The van der Waals surface area contributed by atoms with Crippen LogP contribution in [0.15, 0.2) is 48.5 Å². The third-order valence-corrected chi connectivity index (χ3v) is 5.92. The summed E-state index contributed by atoms with van der Waals surface area (Å²) in [5.74, 6) is 1.09. The number of anilines is 2. The molecule has 1 heterocycles. The minimum atomic E-state index is -0.212. The van der Waals surface area contributed by atoms with E-state index < -0.39 is 0 Å². The van der Waals surface area contributed by atoms with Crippen LogP contribution in [0.5, 0.6) is 5.75 Å². The van der Waals surface area contributed by atoms with Crippen molar-refractivity contribution in [3.63, 3.8) is 0 Å². The van der Waals surface area contributed by atoms with Crippen molar-refractivity contribution in [3.05, 3.63) is 54.1 Å². The van der Waals surface area contributed by atoms with Crippen molar-refractivity contribution in [2.75, 3.05) is 23.1 Å². The van der Waals surface area contributed by atoms with Gasteiger partial charge in [-0.3, -0.25) is 14.5 Å². The summed E-state index contributed by atoms with van der Waals surface area (Å²) in [4.78, 5) is 26.8. The highest BCUT2D eigenvalue weighted by atomic mass is 32.2. The molecule has 1 N–H and O–H groups in total. The van der Waals surface area contributed by atoms with Crippen LogP contribution in [0.1, 0.15) is 43.5 Å². The van der Waals surface area contributed by atoms with Crippen molar-refractivity contribution in [2.24, 2.45) is 0 Å². The number of para-hydroxylation sites is 3. The molecule has 0 spiro atoms. The van der Waals surface area contributed by atoms with Gasteiger partial charge in [-0.1, -0.05) is 50.1 Å². The quantitative estimate of drug-likeness (QED) is 0.636. The van der Waals surface area contributed by atoms with E-state index in [9.17, 15) is 9.59 Å². The molecule has 3 rings (SSSR count). The summed E-state index contributed by atoms with van der Waals surface area (Å²) in [6.45, 7) is 2.12. The predicted octanol–water partition coefficient (Wildman–Crippen LogP) is 4.99. The molecule has 0 saturated carbocycles. The Morgan fingerprint density at radius 1 is 1.18 bits per heavy atom. The topological polar surface area (TPSA) is 58.6 Å². The molecule has 6 heteroatoms. The van der Waals surface area contributed by atoms with Crippen LogP contribution in [0.3, 0.4) is 0 Å². The zero-order valence-electron chi connectivity index (χ0n) is 16.3. The normalized spacial score (nSPS) is 16.3. The molecule has 2 amide bonds. The van der Waals surface area contributed by atoms with Gasteiger partial charge in [-0.2, -0.15) is 0 Å². The van der Waals surface area contributed by atoms with E-state index in [1.807, 2.05) is 48.5 Å². The summed E-state index contributed by atoms with van der Waals surface area (Å²) >= 11 is 1.56. The zero-order chi connectivity index (χ0) is 19.9. The van der Waals surface area contributed by atoms with Gasteiger partial charge in [0.2, 0.25) is 11.8 Å². The Hall–Kier alpha value is -2.47. The Balaban J connectivity index is 1.88. The van der Waals surface area contributed by atoms with Crippen LogP contribution in [0.2, 0.25) is 0 Å². The van der Waals surface area contributed by atoms with Gasteiger partial charge in [0.05, 0.1) is 18.6 Å². The summed E-state index contributed by atoms with van der Waals surface area (Å²) in [6, 6.07) is 15.2. The van der Waals surface area contributed by atoms with Gasteiger partial charge in [0.1, 0.15) is 11.1 Å². The molecule has 1 fully saturated rings. The van der Waals surface area contributed by atoms with Crippen molar-refractivity contribution >= 4 is 35.0 Å². The largest absolute Gasteiger partial charge is 0.495 e. The van der Waals surface area contributed by atoms with E-state index in [-0.39, 0.29) is 17.2 Å². The molecule has 0 bridgehead atoms. The van der Waals surface area contributed by atoms with E-state index in [1.54, 1.807) is 23.8 Å². The van der Waals surface area contributed by atoms with Gasteiger partial charge in [0.25, 0.3) is 0 Å². The molecular formula is C22H26N2O3S. The standard InChI is InChI=1S/C22H26N2O3S/c1-3-4-5-14-20(25)23-17-11-7-6-10-16(17)22-24(21(26)15-28-22)18-12-8-9-13-19(18)27-2/h6-13,22H,3-5,14-15H2,1-2H3,(H,23,25). The maximum Gasteiger partial charge on any atom is 0.238 e. The third kappa shape index (κ3) is 4.50. The van der Waals surface area contributed by atoms with Gasteiger partial charge in [0, 0.05) is 17.7 Å². The highest BCUT2D eigenvalue weighted by molar-refractivity contribution is 8.00. The lowest BCUT2D eigenvalue weighted by Gasteiger charge is -2.27. The molecule has 1 atom stereocenters. The van der Waals surface area contributed by atoms with E-state index in [4.69, 9.17) is 4.74 Å². The molecule has 1 unspecified atom stereocenters. The number of benzene rings is 2. The van der Waals surface area contributed by atoms with Crippen molar-refractivity contribution < 1.29 is 14.3 Å². The molecule has 2 aromatic rings. The fraction of sp³-hybridized carbons (Fsp3) is 0.364. The third-order valence-electron chi connectivity index (χ3n) is 4.72. The molecule has 148 valence electrons. The first-order valence-electron chi connectivity index (χ1n) is 9.61. The second-order valence-corrected chi connectivity index (χ2v) is 7.76. The smallest absolute Gasteiger partial charge is 0.238 e. The Morgan fingerprint density at radius 3 is 2.71 bits per heavy atom. The summed E-state index contributed by atoms with van der Waals surface area (Å²) in [5, 5.41) is 2.83. The lowest BCUT2D eigenvalue weighted by Crippen LogP contribution is -2.29. The summed E-state index contributed by atoms with van der Waals surface area (Å²) < 4.78 is 5.47. The molecule has 0 aromatic heterocycles. The lowest BCUT2D eigenvalue weighted by atomic mass is 10.1. The number of hydrogen-bond acceptors (Lipinski definition) is 4. The van der Waals surface area contributed by atoms with E-state index in [1.165, 1.54) is 0 Å². The average molecular weight is 399 g/mol. The summed E-state index contributed by atoms with van der Waals surface area (Å²) in [5.41, 5.74) is 2.43. The van der Waals surface area contributed by atoms with Gasteiger partial charge >= 0.3 is 0 Å². The van der Waals surface area contributed by atoms with Crippen LogP contribution in [-0.4, -0.2) is 24.7 Å². The number of carbonyl (C=O) groups is 2. The molecule has 5 nitrogen and oxygen atoms in total. The van der Waals surface area contributed by atoms with Crippen LogP contribution in [0.4, 0.5) is 11.4 Å². The fourth-order valence-corrected chi connectivity index (χ4v) is 4.52. The van der Waals surface area contributed by atoms with Crippen LogP contribution >= 0.6 is 11.8 Å². The Bertz CT molecular complexity index is 840. The number of thioether (sulfide) groups is 1.